The first-order chi connectivity index (χ1) is 8.13. The average molecular weight is 251 g/mol. The van der Waals surface area contributed by atoms with Gasteiger partial charge >= 0.3 is 4.87 Å². The van der Waals surface area contributed by atoms with E-state index in [9.17, 15) is 9.59 Å². The van der Waals surface area contributed by atoms with Crippen LogP contribution < -0.4 is 4.87 Å². The number of thiazole rings is 1. The molecule has 0 aliphatic heterocycles. The van der Waals surface area contributed by atoms with Crippen LogP contribution in [0.3, 0.4) is 0 Å². The Kier molecular flexibility index (Phi) is 3.23. The molecule has 0 atom stereocenters. The van der Waals surface area contributed by atoms with Crippen molar-refractivity contribution in [3.05, 3.63) is 38.7 Å². The fraction of sp³-hybridized carbons (Fsp3) is 0.364. The van der Waals surface area contributed by atoms with Gasteiger partial charge in [-0.3, -0.25) is 18.8 Å². The summed E-state index contributed by atoms with van der Waals surface area (Å²) in [5.41, 5.74) is 1.42. The number of Topliss-reactive ketones (excluding diaryl/α,β-unsaturated/α-hetero) is 1. The highest BCUT2D eigenvalue weighted by Crippen LogP contribution is 2.06. The number of carbonyl (C=O) groups is 1. The van der Waals surface area contributed by atoms with Gasteiger partial charge in [-0.05, 0) is 12.5 Å². The Morgan fingerprint density at radius 2 is 2.29 bits per heavy atom. The van der Waals surface area contributed by atoms with Gasteiger partial charge in [0.25, 0.3) is 0 Å². The summed E-state index contributed by atoms with van der Waals surface area (Å²) in [5.74, 6) is -0.0970. The molecule has 0 N–H and O–H groups in total. The van der Waals surface area contributed by atoms with Gasteiger partial charge in [0.05, 0.1) is 6.54 Å². The molecule has 0 bridgehead atoms. The monoisotopic (exact) mass is 251 g/mol. The fourth-order valence-electron chi connectivity index (χ4n) is 1.68. The van der Waals surface area contributed by atoms with Crippen molar-refractivity contribution >= 4 is 17.1 Å². The zero-order valence-electron chi connectivity index (χ0n) is 9.71. The van der Waals surface area contributed by atoms with Crippen molar-refractivity contribution in [3.8, 4) is 0 Å². The highest BCUT2D eigenvalue weighted by atomic mass is 32.1. The molecule has 0 radical (unpaired) electrons. The van der Waals surface area contributed by atoms with E-state index in [0.29, 0.717) is 5.69 Å². The largest absolute Gasteiger partial charge is 0.307 e. The number of aryl methyl sites for hydroxylation is 2. The molecule has 0 unspecified atom stereocenters. The second-order valence-corrected chi connectivity index (χ2v) is 4.52. The minimum Gasteiger partial charge on any atom is -0.295 e. The normalized spacial score (nSPS) is 10.7. The number of carbonyl (C=O) groups excluding carboxylic acids is 1. The molecule has 0 saturated heterocycles. The maximum atomic E-state index is 12.0. The van der Waals surface area contributed by atoms with Crippen LogP contribution in [0.15, 0.2) is 22.4 Å². The van der Waals surface area contributed by atoms with Crippen LogP contribution in [0, 0.1) is 0 Å². The molecule has 2 aromatic heterocycles. The summed E-state index contributed by atoms with van der Waals surface area (Å²) in [4.78, 5) is 23.5. The van der Waals surface area contributed by atoms with Crippen LogP contribution in [0.5, 0.6) is 0 Å². The van der Waals surface area contributed by atoms with Crippen LogP contribution in [0.25, 0.3) is 0 Å². The van der Waals surface area contributed by atoms with Crippen LogP contribution in [0.2, 0.25) is 0 Å². The molecular weight excluding hydrogens is 238 g/mol. The average Bonchev–Trinajstić information content (AvgIpc) is 2.87. The molecule has 2 aromatic rings. The highest BCUT2D eigenvalue weighted by Gasteiger charge is 2.14. The lowest BCUT2D eigenvalue weighted by Gasteiger charge is -2.05. The zero-order chi connectivity index (χ0) is 12.4. The van der Waals surface area contributed by atoms with Gasteiger partial charge in [-0.25, -0.2) is 0 Å². The molecule has 0 saturated carbocycles. The molecular formula is C11H13N3O2S. The zero-order valence-corrected chi connectivity index (χ0v) is 10.5. The Bertz CT molecular complexity index is 594. The van der Waals surface area contributed by atoms with E-state index in [-0.39, 0.29) is 17.2 Å². The van der Waals surface area contributed by atoms with Gasteiger partial charge in [0.2, 0.25) is 5.78 Å². The molecule has 0 aromatic carbocycles. The van der Waals surface area contributed by atoms with Gasteiger partial charge in [-0.15, -0.1) is 0 Å². The van der Waals surface area contributed by atoms with Crippen LogP contribution >= 0.6 is 11.3 Å². The maximum Gasteiger partial charge on any atom is 0.307 e. The van der Waals surface area contributed by atoms with E-state index in [2.05, 4.69) is 5.10 Å². The van der Waals surface area contributed by atoms with Gasteiger partial charge < -0.3 is 0 Å². The number of rotatable bonds is 4. The number of hydrogen-bond acceptors (Lipinski definition) is 4. The molecule has 5 nitrogen and oxygen atoms in total. The van der Waals surface area contributed by atoms with E-state index >= 15 is 0 Å². The lowest BCUT2D eigenvalue weighted by molar-refractivity contribution is 0.0961. The minimum absolute atomic E-state index is 0.0858. The summed E-state index contributed by atoms with van der Waals surface area (Å²) in [6.07, 6.45) is 2.32. The second kappa shape index (κ2) is 4.67. The third-order valence-electron chi connectivity index (χ3n) is 2.63. The molecule has 0 aliphatic rings. The lowest BCUT2D eigenvalue weighted by Crippen LogP contribution is -2.22. The van der Waals surface area contributed by atoms with Crippen LogP contribution in [0.1, 0.15) is 23.1 Å². The number of ketones is 1. The third kappa shape index (κ3) is 2.21. The Labute approximate surface area is 102 Å². The number of nitrogens with zero attached hydrogens (tertiary/aromatic N) is 3. The van der Waals surface area contributed by atoms with Gasteiger partial charge in [0, 0.05) is 24.3 Å². The van der Waals surface area contributed by atoms with Crippen molar-refractivity contribution in [1.29, 1.82) is 0 Å². The Morgan fingerprint density at radius 1 is 1.53 bits per heavy atom. The molecule has 0 spiro atoms. The molecule has 90 valence electrons. The first-order valence-corrected chi connectivity index (χ1v) is 6.20. The predicted molar refractivity (Wildman–Crippen MR) is 65.5 cm³/mol. The van der Waals surface area contributed by atoms with Crippen molar-refractivity contribution in [1.82, 2.24) is 14.3 Å². The van der Waals surface area contributed by atoms with Gasteiger partial charge in [0.1, 0.15) is 5.69 Å². The molecule has 0 fully saturated rings. The SMILES string of the molecule is CCc1csc(=O)n1CC(=O)c1ccnn1C. The highest BCUT2D eigenvalue weighted by molar-refractivity contribution is 7.07. The Hall–Kier alpha value is -1.69. The molecule has 2 rings (SSSR count). The van der Waals surface area contributed by atoms with Crippen molar-refractivity contribution in [2.45, 2.75) is 19.9 Å². The number of aromatic nitrogens is 3. The summed E-state index contributed by atoms with van der Waals surface area (Å²) in [6, 6.07) is 1.66. The van der Waals surface area contributed by atoms with Crippen molar-refractivity contribution in [2.75, 3.05) is 0 Å². The van der Waals surface area contributed by atoms with E-state index in [1.807, 2.05) is 6.92 Å². The second-order valence-electron chi connectivity index (χ2n) is 3.70. The first-order valence-electron chi connectivity index (χ1n) is 5.32. The molecule has 6 heteroatoms. The summed E-state index contributed by atoms with van der Waals surface area (Å²) < 4.78 is 3.05. The van der Waals surface area contributed by atoms with E-state index in [1.165, 1.54) is 9.25 Å². The molecule has 17 heavy (non-hydrogen) atoms. The quantitative estimate of drug-likeness (QED) is 0.764. The third-order valence-corrected chi connectivity index (χ3v) is 3.45. The van der Waals surface area contributed by atoms with Crippen LogP contribution in [-0.4, -0.2) is 20.1 Å². The Balaban J connectivity index is 2.27. The van der Waals surface area contributed by atoms with Crippen molar-refractivity contribution in [2.24, 2.45) is 7.05 Å². The van der Waals surface area contributed by atoms with Gasteiger partial charge in [-0.2, -0.15) is 5.10 Å². The first kappa shape index (κ1) is 11.8. The van der Waals surface area contributed by atoms with Crippen molar-refractivity contribution in [3.63, 3.8) is 0 Å². The topological polar surface area (TPSA) is 56.9 Å². The smallest absolute Gasteiger partial charge is 0.295 e. The number of hydrogen-bond donors (Lipinski definition) is 0. The summed E-state index contributed by atoms with van der Waals surface area (Å²) in [7, 11) is 1.71. The Morgan fingerprint density at radius 3 is 2.88 bits per heavy atom. The summed E-state index contributed by atoms with van der Waals surface area (Å²) in [5, 5.41) is 5.75. The lowest BCUT2D eigenvalue weighted by atomic mass is 10.2. The molecule has 0 aliphatic carbocycles. The maximum absolute atomic E-state index is 12.0. The summed E-state index contributed by atoms with van der Waals surface area (Å²) in [6.45, 7) is 2.05. The van der Waals surface area contributed by atoms with Crippen LogP contribution in [-0.2, 0) is 20.0 Å². The van der Waals surface area contributed by atoms with E-state index < -0.39 is 0 Å². The molecule has 2 heterocycles. The fourth-order valence-corrected chi connectivity index (χ4v) is 2.52. The predicted octanol–water partition coefficient (Wildman–Crippen LogP) is 1.09. The van der Waals surface area contributed by atoms with E-state index in [0.717, 1.165) is 23.5 Å². The van der Waals surface area contributed by atoms with E-state index in [4.69, 9.17) is 0 Å². The van der Waals surface area contributed by atoms with Crippen LogP contribution in [0.4, 0.5) is 0 Å². The minimum atomic E-state index is -0.0970. The van der Waals surface area contributed by atoms with E-state index in [1.54, 1.807) is 24.7 Å². The summed E-state index contributed by atoms with van der Waals surface area (Å²) >= 11 is 1.13. The van der Waals surface area contributed by atoms with Gasteiger partial charge in [-0.1, -0.05) is 18.3 Å². The standard InChI is InChI=1S/C11H13N3O2S/c1-3-8-7-17-11(16)14(8)6-10(15)9-4-5-12-13(9)2/h4-5,7H,3,6H2,1-2H3. The molecule has 0 amide bonds. The van der Waals surface area contributed by atoms with Gasteiger partial charge in [0.15, 0.2) is 0 Å². The van der Waals surface area contributed by atoms with Crippen molar-refractivity contribution < 1.29 is 4.79 Å².